The van der Waals surface area contributed by atoms with Crippen LogP contribution in [0.15, 0.2) is 41.2 Å². The number of benzene rings is 1. The molecule has 1 amide bonds. The van der Waals surface area contributed by atoms with Crippen molar-refractivity contribution in [1.82, 2.24) is 15.1 Å². The summed E-state index contributed by atoms with van der Waals surface area (Å²) in [4.78, 5) is 34.6. The minimum atomic E-state index is -0.488. The summed E-state index contributed by atoms with van der Waals surface area (Å²) in [5.74, 6) is -1.41. The van der Waals surface area contributed by atoms with E-state index in [-0.39, 0.29) is 30.8 Å². The first-order chi connectivity index (χ1) is 11.5. The Morgan fingerprint density at radius 2 is 2.00 bits per heavy atom. The fourth-order valence-electron chi connectivity index (χ4n) is 1.97. The van der Waals surface area contributed by atoms with Gasteiger partial charge in [-0.15, -0.1) is 0 Å². The van der Waals surface area contributed by atoms with Crippen LogP contribution in [0.3, 0.4) is 0 Å². The zero-order valence-electron chi connectivity index (χ0n) is 13.0. The Hall–Kier alpha value is -3.03. The van der Waals surface area contributed by atoms with Gasteiger partial charge in [0.05, 0.1) is 19.2 Å². The number of hydrogen-bond acceptors (Lipinski definition) is 5. The van der Waals surface area contributed by atoms with E-state index in [1.807, 2.05) is 0 Å². The summed E-state index contributed by atoms with van der Waals surface area (Å²) in [6.07, 6.45) is 0.0276. The number of esters is 1. The van der Waals surface area contributed by atoms with Crippen LogP contribution in [0.25, 0.3) is 11.3 Å². The van der Waals surface area contributed by atoms with E-state index in [9.17, 15) is 18.8 Å². The highest BCUT2D eigenvalue weighted by Crippen LogP contribution is 2.18. The molecule has 0 fully saturated rings. The van der Waals surface area contributed by atoms with Gasteiger partial charge < -0.3 is 10.1 Å². The van der Waals surface area contributed by atoms with E-state index in [0.717, 1.165) is 4.68 Å². The standard InChI is InChI=1S/C16H16FN3O4/c1-24-16(23)8-9-18-14(21)10-20-15(22)7-6-13(19-20)11-4-2-3-5-12(11)17/h2-7H,8-10H2,1H3,(H,18,21). The molecule has 0 radical (unpaired) electrons. The Morgan fingerprint density at radius 3 is 2.71 bits per heavy atom. The third-order valence-electron chi connectivity index (χ3n) is 3.19. The predicted molar refractivity (Wildman–Crippen MR) is 83.5 cm³/mol. The zero-order chi connectivity index (χ0) is 17.5. The topological polar surface area (TPSA) is 90.3 Å². The predicted octanol–water partition coefficient (Wildman–Crippen LogP) is 0.729. The number of amides is 1. The van der Waals surface area contributed by atoms with Crippen LogP contribution in [0.2, 0.25) is 0 Å². The SMILES string of the molecule is COC(=O)CCNC(=O)Cn1nc(-c2ccccc2F)ccc1=O. The third kappa shape index (κ3) is 4.48. The molecule has 0 unspecified atom stereocenters. The first kappa shape index (κ1) is 17.3. The first-order valence-corrected chi connectivity index (χ1v) is 7.18. The van der Waals surface area contributed by atoms with Gasteiger partial charge in [-0.05, 0) is 18.2 Å². The molecule has 0 aliphatic rings. The molecule has 2 aromatic rings. The number of hydrogen-bond donors (Lipinski definition) is 1. The summed E-state index contributed by atoms with van der Waals surface area (Å²) in [6.45, 7) is -0.241. The van der Waals surface area contributed by atoms with Crippen LogP contribution >= 0.6 is 0 Å². The van der Waals surface area contributed by atoms with Crippen molar-refractivity contribution in [2.24, 2.45) is 0 Å². The molecule has 7 nitrogen and oxygen atoms in total. The smallest absolute Gasteiger partial charge is 0.307 e. The lowest BCUT2D eigenvalue weighted by Gasteiger charge is -2.08. The molecule has 1 aromatic carbocycles. The molecule has 2 rings (SSSR count). The number of ether oxygens (including phenoxy) is 1. The lowest BCUT2D eigenvalue weighted by molar-refractivity contribution is -0.140. The molecule has 1 heterocycles. The van der Waals surface area contributed by atoms with Crippen LogP contribution in [-0.2, 0) is 20.9 Å². The van der Waals surface area contributed by atoms with E-state index in [1.54, 1.807) is 12.1 Å². The van der Waals surface area contributed by atoms with Crippen molar-refractivity contribution in [3.05, 3.63) is 52.6 Å². The highest BCUT2D eigenvalue weighted by Gasteiger charge is 2.10. The molecule has 0 bridgehead atoms. The van der Waals surface area contributed by atoms with E-state index in [0.29, 0.717) is 0 Å². The van der Waals surface area contributed by atoms with Gasteiger partial charge in [0, 0.05) is 18.2 Å². The molecule has 0 spiro atoms. The van der Waals surface area contributed by atoms with Gasteiger partial charge in [-0.2, -0.15) is 5.10 Å². The van der Waals surface area contributed by atoms with Crippen LogP contribution in [0, 0.1) is 5.82 Å². The Morgan fingerprint density at radius 1 is 1.25 bits per heavy atom. The molecule has 0 atom stereocenters. The van der Waals surface area contributed by atoms with Crippen molar-refractivity contribution >= 4 is 11.9 Å². The van der Waals surface area contributed by atoms with E-state index >= 15 is 0 Å². The highest BCUT2D eigenvalue weighted by atomic mass is 19.1. The van der Waals surface area contributed by atoms with Gasteiger partial charge in [0.15, 0.2) is 0 Å². The Kier molecular flexibility index (Phi) is 5.78. The summed E-state index contributed by atoms with van der Waals surface area (Å²) in [7, 11) is 1.25. The first-order valence-electron chi connectivity index (χ1n) is 7.18. The fraction of sp³-hybridized carbons (Fsp3) is 0.250. The molecule has 1 N–H and O–H groups in total. The number of methoxy groups -OCH3 is 1. The molecule has 0 saturated heterocycles. The molecule has 0 aliphatic heterocycles. The van der Waals surface area contributed by atoms with Crippen LogP contribution in [0.1, 0.15) is 6.42 Å². The zero-order valence-corrected chi connectivity index (χ0v) is 13.0. The number of nitrogens with one attached hydrogen (secondary N) is 1. The summed E-state index contributed by atoms with van der Waals surface area (Å²) in [6, 6.07) is 8.62. The molecule has 0 aliphatic carbocycles. The summed E-state index contributed by atoms with van der Waals surface area (Å²) >= 11 is 0. The minimum absolute atomic E-state index is 0.0276. The Balaban J connectivity index is 2.09. The highest BCUT2D eigenvalue weighted by molar-refractivity contribution is 5.76. The second kappa shape index (κ2) is 8.00. The number of aromatic nitrogens is 2. The van der Waals surface area contributed by atoms with Gasteiger partial charge in [0.1, 0.15) is 12.4 Å². The van der Waals surface area contributed by atoms with Gasteiger partial charge in [-0.3, -0.25) is 14.4 Å². The minimum Gasteiger partial charge on any atom is -0.469 e. The second-order valence-electron chi connectivity index (χ2n) is 4.87. The van der Waals surface area contributed by atoms with Gasteiger partial charge in [-0.1, -0.05) is 12.1 Å². The largest absolute Gasteiger partial charge is 0.469 e. The quantitative estimate of drug-likeness (QED) is 0.787. The second-order valence-corrected chi connectivity index (χ2v) is 4.87. The maximum absolute atomic E-state index is 13.8. The number of rotatable bonds is 6. The molecular weight excluding hydrogens is 317 g/mol. The van der Waals surface area contributed by atoms with E-state index < -0.39 is 23.3 Å². The molecule has 0 saturated carbocycles. The van der Waals surface area contributed by atoms with Crippen molar-refractivity contribution in [3.63, 3.8) is 0 Å². The lowest BCUT2D eigenvalue weighted by Crippen LogP contribution is -2.34. The van der Waals surface area contributed by atoms with Crippen molar-refractivity contribution in [1.29, 1.82) is 0 Å². The maximum atomic E-state index is 13.8. The summed E-state index contributed by atoms with van der Waals surface area (Å²) < 4.78 is 19.2. The van der Waals surface area contributed by atoms with E-state index in [1.165, 1.54) is 31.4 Å². The lowest BCUT2D eigenvalue weighted by atomic mass is 10.1. The van der Waals surface area contributed by atoms with E-state index in [2.05, 4.69) is 15.2 Å². The Bertz CT molecular complexity index is 804. The molecular formula is C16H16FN3O4. The normalized spacial score (nSPS) is 10.2. The summed E-state index contributed by atoms with van der Waals surface area (Å²) in [5, 5.41) is 6.50. The van der Waals surface area contributed by atoms with Crippen molar-refractivity contribution in [2.75, 3.05) is 13.7 Å². The van der Waals surface area contributed by atoms with Crippen LogP contribution in [-0.4, -0.2) is 35.3 Å². The van der Waals surface area contributed by atoms with Gasteiger partial charge in [-0.25, -0.2) is 9.07 Å². The average molecular weight is 333 g/mol. The van der Waals surface area contributed by atoms with E-state index in [4.69, 9.17) is 0 Å². The maximum Gasteiger partial charge on any atom is 0.307 e. The molecule has 126 valence electrons. The number of halogens is 1. The third-order valence-corrected chi connectivity index (χ3v) is 3.19. The molecule has 1 aromatic heterocycles. The number of carbonyl (C=O) groups is 2. The molecule has 24 heavy (non-hydrogen) atoms. The van der Waals surface area contributed by atoms with Crippen LogP contribution < -0.4 is 10.9 Å². The van der Waals surface area contributed by atoms with Crippen LogP contribution in [0.5, 0.6) is 0 Å². The summed E-state index contributed by atoms with van der Waals surface area (Å²) in [5.41, 5.74) is -0.00869. The number of carbonyl (C=O) groups excluding carboxylic acids is 2. The Labute approximate surface area is 137 Å². The number of nitrogens with zero attached hydrogens (tertiary/aromatic N) is 2. The van der Waals surface area contributed by atoms with Crippen molar-refractivity contribution < 1.29 is 18.7 Å². The molecule has 8 heteroatoms. The van der Waals surface area contributed by atoms with Crippen molar-refractivity contribution in [3.8, 4) is 11.3 Å². The van der Waals surface area contributed by atoms with Crippen molar-refractivity contribution in [2.45, 2.75) is 13.0 Å². The average Bonchev–Trinajstić information content (AvgIpc) is 2.57. The fourth-order valence-corrected chi connectivity index (χ4v) is 1.97. The monoisotopic (exact) mass is 333 g/mol. The van der Waals surface area contributed by atoms with Crippen LogP contribution in [0.4, 0.5) is 4.39 Å². The van der Waals surface area contributed by atoms with Gasteiger partial charge >= 0.3 is 5.97 Å². The van der Waals surface area contributed by atoms with Gasteiger partial charge in [0.25, 0.3) is 5.56 Å². The van der Waals surface area contributed by atoms with Gasteiger partial charge in [0.2, 0.25) is 5.91 Å².